The second kappa shape index (κ2) is 5.80. The predicted octanol–water partition coefficient (Wildman–Crippen LogP) is -0.538. The Bertz CT molecular complexity index is 408. The zero-order valence-corrected chi connectivity index (χ0v) is 10.1. The molecule has 1 aromatic carbocycles. The molecule has 1 aliphatic heterocycles. The lowest BCUT2D eigenvalue weighted by Crippen LogP contribution is -2.36. The maximum Gasteiger partial charge on any atom is 0.491 e. The van der Waals surface area contributed by atoms with Gasteiger partial charge in [-0.3, -0.25) is 4.90 Å². The van der Waals surface area contributed by atoms with Crippen molar-refractivity contribution in [2.45, 2.75) is 25.5 Å². The summed E-state index contributed by atoms with van der Waals surface area (Å²) < 4.78 is 13.5. The van der Waals surface area contributed by atoms with Gasteiger partial charge in [-0.25, -0.2) is 4.39 Å². The van der Waals surface area contributed by atoms with Crippen molar-refractivity contribution in [3.8, 4) is 0 Å². The summed E-state index contributed by atoms with van der Waals surface area (Å²) in [4.78, 5) is 2.15. The first-order valence-electron chi connectivity index (χ1n) is 6.11. The third-order valence-corrected chi connectivity index (χ3v) is 3.31. The molecule has 0 spiro atoms. The van der Waals surface area contributed by atoms with Gasteiger partial charge in [-0.15, -0.1) is 0 Å². The summed E-state index contributed by atoms with van der Waals surface area (Å²) in [6, 6.07) is 4.43. The molecule has 6 heteroatoms. The molecule has 2 rings (SSSR count). The monoisotopic (exact) mass is 253 g/mol. The summed E-state index contributed by atoms with van der Waals surface area (Å²) in [6.07, 6.45) is 1.27. The first kappa shape index (κ1) is 13.5. The van der Waals surface area contributed by atoms with E-state index >= 15 is 0 Å². The highest BCUT2D eigenvalue weighted by Crippen LogP contribution is 2.13. The van der Waals surface area contributed by atoms with E-state index in [1.807, 2.05) is 0 Å². The van der Waals surface area contributed by atoms with E-state index < -0.39 is 12.9 Å². The minimum Gasteiger partial charge on any atom is -0.423 e. The molecule has 0 atom stereocenters. The summed E-state index contributed by atoms with van der Waals surface area (Å²) in [7, 11) is -1.77. The second-order valence-corrected chi connectivity index (χ2v) is 4.74. The lowest BCUT2D eigenvalue weighted by Gasteiger charge is -2.29. The Labute approximate surface area is 106 Å². The minimum atomic E-state index is -1.77. The predicted molar refractivity (Wildman–Crippen MR) is 66.7 cm³/mol. The lowest BCUT2D eigenvalue weighted by molar-refractivity contribution is 0.0792. The van der Waals surface area contributed by atoms with E-state index in [0.29, 0.717) is 6.54 Å². The SMILES string of the molecule is OB(O)c1ccc(CN2CCC(O)CC2)cc1F. The average molecular weight is 253 g/mol. The Balaban J connectivity index is 2.00. The molecule has 0 aliphatic carbocycles. The third kappa shape index (κ3) is 3.29. The van der Waals surface area contributed by atoms with Crippen molar-refractivity contribution in [2.75, 3.05) is 13.1 Å². The Kier molecular flexibility index (Phi) is 4.34. The number of aliphatic hydroxyl groups is 1. The van der Waals surface area contributed by atoms with Crippen molar-refractivity contribution in [3.05, 3.63) is 29.6 Å². The van der Waals surface area contributed by atoms with E-state index in [9.17, 15) is 9.50 Å². The van der Waals surface area contributed by atoms with Crippen molar-refractivity contribution < 1.29 is 19.5 Å². The highest BCUT2D eigenvalue weighted by molar-refractivity contribution is 6.58. The fraction of sp³-hybridized carbons (Fsp3) is 0.500. The van der Waals surface area contributed by atoms with Crippen LogP contribution in [0.4, 0.5) is 4.39 Å². The molecule has 0 saturated carbocycles. The fourth-order valence-corrected chi connectivity index (χ4v) is 2.21. The van der Waals surface area contributed by atoms with E-state index in [2.05, 4.69) is 4.90 Å². The van der Waals surface area contributed by atoms with Gasteiger partial charge in [-0.1, -0.05) is 12.1 Å². The topological polar surface area (TPSA) is 63.9 Å². The number of benzene rings is 1. The summed E-state index contributed by atoms with van der Waals surface area (Å²) >= 11 is 0. The molecule has 0 unspecified atom stereocenters. The summed E-state index contributed by atoms with van der Waals surface area (Å²) in [5.74, 6) is -0.598. The number of nitrogens with zero attached hydrogens (tertiary/aromatic N) is 1. The molecular formula is C12H17BFNO3. The Morgan fingerprint density at radius 3 is 2.50 bits per heavy atom. The van der Waals surface area contributed by atoms with Crippen LogP contribution in [-0.2, 0) is 6.54 Å². The van der Waals surface area contributed by atoms with Crippen LogP contribution in [-0.4, -0.2) is 46.4 Å². The van der Waals surface area contributed by atoms with Gasteiger partial charge in [0.1, 0.15) is 5.82 Å². The summed E-state index contributed by atoms with van der Waals surface area (Å²) in [6.45, 7) is 2.21. The third-order valence-electron chi connectivity index (χ3n) is 3.31. The first-order valence-corrected chi connectivity index (χ1v) is 6.11. The van der Waals surface area contributed by atoms with Gasteiger partial charge in [0.25, 0.3) is 0 Å². The van der Waals surface area contributed by atoms with Gasteiger partial charge in [0.2, 0.25) is 0 Å². The molecule has 1 heterocycles. The molecule has 1 saturated heterocycles. The van der Waals surface area contributed by atoms with Gasteiger partial charge in [-0.2, -0.15) is 0 Å². The number of aliphatic hydroxyl groups excluding tert-OH is 1. The van der Waals surface area contributed by atoms with Crippen LogP contribution in [0.15, 0.2) is 18.2 Å². The van der Waals surface area contributed by atoms with Crippen LogP contribution in [0, 0.1) is 5.82 Å². The molecule has 1 aromatic rings. The average Bonchev–Trinajstić information content (AvgIpc) is 2.32. The summed E-state index contributed by atoms with van der Waals surface area (Å²) in [5, 5.41) is 27.2. The fourth-order valence-electron chi connectivity index (χ4n) is 2.21. The summed E-state index contributed by atoms with van der Waals surface area (Å²) in [5.41, 5.74) is 0.695. The molecule has 0 aromatic heterocycles. The molecule has 1 fully saturated rings. The van der Waals surface area contributed by atoms with Crippen molar-refractivity contribution in [2.24, 2.45) is 0 Å². The zero-order chi connectivity index (χ0) is 13.1. The Morgan fingerprint density at radius 2 is 1.94 bits per heavy atom. The van der Waals surface area contributed by atoms with Crippen molar-refractivity contribution >= 4 is 12.6 Å². The number of piperidine rings is 1. The van der Waals surface area contributed by atoms with Crippen LogP contribution in [0.2, 0.25) is 0 Å². The van der Waals surface area contributed by atoms with Crippen molar-refractivity contribution in [3.63, 3.8) is 0 Å². The maximum atomic E-state index is 13.5. The van der Waals surface area contributed by atoms with Crippen LogP contribution < -0.4 is 5.46 Å². The zero-order valence-electron chi connectivity index (χ0n) is 10.1. The molecule has 18 heavy (non-hydrogen) atoms. The van der Waals surface area contributed by atoms with Crippen LogP contribution in [0.25, 0.3) is 0 Å². The van der Waals surface area contributed by atoms with E-state index in [-0.39, 0.29) is 11.6 Å². The number of hydrogen-bond acceptors (Lipinski definition) is 4. The highest BCUT2D eigenvalue weighted by Gasteiger charge is 2.19. The minimum absolute atomic E-state index is 0.104. The van der Waals surface area contributed by atoms with Crippen LogP contribution in [0.5, 0.6) is 0 Å². The quantitative estimate of drug-likeness (QED) is 0.633. The second-order valence-electron chi connectivity index (χ2n) is 4.74. The normalized spacial score (nSPS) is 18.0. The van der Waals surface area contributed by atoms with Gasteiger partial charge in [0, 0.05) is 25.1 Å². The van der Waals surface area contributed by atoms with Gasteiger partial charge < -0.3 is 15.2 Å². The first-order chi connectivity index (χ1) is 8.56. The molecule has 0 bridgehead atoms. The van der Waals surface area contributed by atoms with Gasteiger partial charge in [0.15, 0.2) is 0 Å². The van der Waals surface area contributed by atoms with E-state index in [1.54, 1.807) is 6.07 Å². The number of likely N-dealkylation sites (tertiary alicyclic amines) is 1. The van der Waals surface area contributed by atoms with E-state index in [1.165, 1.54) is 12.1 Å². The lowest BCUT2D eigenvalue weighted by atomic mass is 9.79. The van der Waals surface area contributed by atoms with Gasteiger partial charge in [0.05, 0.1) is 6.10 Å². The van der Waals surface area contributed by atoms with Crippen LogP contribution >= 0.6 is 0 Å². The molecule has 0 amide bonds. The maximum absolute atomic E-state index is 13.5. The van der Waals surface area contributed by atoms with E-state index in [0.717, 1.165) is 31.5 Å². The molecule has 1 aliphatic rings. The molecule has 0 radical (unpaired) electrons. The number of halogens is 1. The van der Waals surface area contributed by atoms with Crippen LogP contribution in [0.1, 0.15) is 18.4 Å². The molecule has 4 nitrogen and oxygen atoms in total. The van der Waals surface area contributed by atoms with Crippen LogP contribution in [0.3, 0.4) is 0 Å². The number of hydrogen-bond donors (Lipinski definition) is 3. The van der Waals surface area contributed by atoms with Gasteiger partial charge in [-0.05, 0) is 24.5 Å². The van der Waals surface area contributed by atoms with Gasteiger partial charge >= 0.3 is 7.12 Å². The molecular weight excluding hydrogens is 236 g/mol. The van der Waals surface area contributed by atoms with Crippen molar-refractivity contribution in [1.82, 2.24) is 4.90 Å². The highest BCUT2D eigenvalue weighted by atomic mass is 19.1. The molecule has 98 valence electrons. The van der Waals surface area contributed by atoms with E-state index in [4.69, 9.17) is 10.0 Å². The standard InChI is InChI=1S/C12H17BFNO3/c14-12-7-9(1-2-11(12)13(17)18)8-15-5-3-10(16)4-6-15/h1-2,7,10,16-18H,3-6,8H2. The molecule has 3 N–H and O–H groups in total. The smallest absolute Gasteiger partial charge is 0.423 e. The number of rotatable bonds is 3. The Morgan fingerprint density at radius 1 is 1.28 bits per heavy atom. The Hall–Kier alpha value is -0.945. The largest absolute Gasteiger partial charge is 0.491 e. The van der Waals surface area contributed by atoms with Crippen molar-refractivity contribution in [1.29, 1.82) is 0 Å².